The van der Waals surface area contributed by atoms with E-state index < -0.39 is 0 Å². The maximum Gasteiger partial charge on any atom is 0.145 e. The zero-order valence-corrected chi connectivity index (χ0v) is 25.0. The van der Waals surface area contributed by atoms with Crippen molar-refractivity contribution in [2.75, 3.05) is 25.1 Å². The third-order valence-corrected chi connectivity index (χ3v) is 9.15. The summed E-state index contributed by atoms with van der Waals surface area (Å²) in [4.78, 5) is 0. The highest BCUT2D eigenvalue weighted by Crippen LogP contribution is 2.39. The van der Waals surface area contributed by atoms with Gasteiger partial charge in [-0.15, -0.1) is 7.92 Å². The minimum absolute atomic E-state index is 0.366. The smallest absolute Gasteiger partial charge is 0.145 e. The standard InChI is InChI=1S/C24H51P.C3H10OSi/c1-4-7-10-13-16-19-22-25(23-20-17-14-11-8-5-2)24-21-18-15-12-9-6-3;1-2-3-4-5/h4-24H2,1-3H3;2-3H2,1,5H3. The molecule has 0 aliphatic carbocycles. The molecule has 30 heavy (non-hydrogen) atoms. The minimum Gasteiger partial charge on any atom is -0.428 e. The fraction of sp³-hybridized carbons (Fsp3) is 1.00. The third-order valence-electron chi connectivity index (χ3n) is 5.89. The molecule has 0 rings (SSSR count). The van der Waals surface area contributed by atoms with Crippen LogP contribution in [0.4, 0.5) is 0 Å². The van der Waals surface area contributed by atoms with E-state index >= 15 is 0 Å². The van der Waals surface area contributed by atoms with Crippen LogP contribution in [0.2, 0.25) is 0 Å². The highest BCUT2D eigenvalue weighted by atomic mass is 31.1. The molecule has 0 radical (unpaired) electrons. The van der Waals surface area contributed by atoms with E-state index in [1.807, 2.05) is 0 Å². The molecule has 0 aliphatic rings. The highest BCUT2D eigenvalue weighted by Gasteiger charge is 2.07. The maximum atomic E-state index is 4.83. The van der Waals surface area contributed by atoms with Crippen LogP contribution in [-0.2, 0) is 4.43 Å². The first-order valence-corrected chi connectivity index (χ1v) is 16.7. The van der Waals surface area contributed by atoms with Gasteiger partial charge in [-0.1, -0.05) is 124 Å². The van der Waals surface area contributed by atoms with Crippen molar-refractivity contribution >= 4 is 18.4 Å². The molecule has 0 fully saturated rings. The lowest BCUT2D eigenvalue weighted by Crippen LogP contribution is -1.97. The van der Waals surface area contributed by atoms with E-state index in [2.05, 4.69) is 27.7 Å². The van der Waals surface area contributed by atoms with E-state index in [-0.39, 0.29) is 0 Å². The van der Waals surface area contributed by atoms with Gasteiger partial charge in [-0.05, 0) is 44.2 Å². The van der Waals surface area contributed by atoms with Crippen LogP contribution < -0.4 is 0 Å². The lowest BCUT2D eigenvalue weighted by atomic mass is 10.1. The normalized spacial score (nSPS) is 11.1. The van der Waals surface area contributed by atoms with E-state index in [0.717, 1.165) is 23.5 Å². The Kier molecular flexibility index (Phi) is 34.7. The largest absolute Gasteiger partial charge is 0.428 e. The van der Waals surface area contributed by atoms with Gasteiger partial charge in [-0.25, -0.2) is 0 Å². The Morgan fingerprint density at radius 3 is 0.967 bits per heavy atom. The summed E-state index contributed by atoms with van der Waals surface area (Å²) in [7, 11) is 1.26. The van der Waals surface area contributed by atoms with Gasteiger partial charge < -0.3 is 4.43 Å². The quantitative estimate of drug-likeness (QED) is 0.0838. The van der Waals surface area contributed by atoms with E-state index in [1.165, 1.54) is 116 Å². The van der Waals surface area contributed by atoms with E-state index in [1.54, 1.807) is 18.5 Å². The van der Waals surface area contributed by atoms with Crippen LogP contribution in [0, 0.1) is 0 Å². The predicted molar refractivity (Wildman–Crippen MR) is 148 cm³/mol. The van der Waals surface area contributed by atoms with E-state index in [9.17, 15) is 0 Å². The van der Waals surface area contributed by atoms with Gasteiger partial charge in [0.1, 0.15) is 10.5 Å². The van der Waals surface area contributed by atoms with Gasteiger partial charge in [0.15, 0.2) is 0 Å². The molecule has 0 aromatic heterocycles. The lowest BCUT2D eigenvalue weighted by Gasteiger charge is -2.18. The van der Waals surface area contributed by atoms with Gasteiger partial charge in [-0.2, -0.15) is 0 Å². The topological polar surface area (TPSA) is 9.23 Å². The van der Waals surface area contributed by atoms with Crippen LogP contribution in [0.25, 0.3) is 0 Å². The molecule has 0 bridgehead atoms. The fourth-order valence-electron chi connectivity index (χ4n) is 3.89. The zero-order valence-electron chi connectivity index (χ0n) is 22.1. The second-order valence-corrected chi connectivity index (χ2v) is 12.4. The Morgan fingerprint density at radius 2 is 0.733 bits per heavy atom. The van der Waals surface area contributed by atoms with Crippen molar-refractivity contribution in [1.29, 1.82) is 0 Å². The number of hydrogen-bond acceptors (Lipinski definition) is 1. The molecule has 0 aromatic rings. The van der Waals surface area contributed by atoms with Crippen LogP contribution in [0.5, 0.6) is 0 Å². The molecule has 0 aliphatic heterocycles. The van der Waals surface area contributed by atoms with Gasteiger partial charge in [0.05, 0.1) is 0 Å². The van der Waals surface area contributed by atoms with Crippen molar-refractivity contribution in [2.45, 2.75) is 150 Å². The molecule has 0 aromatic carbocycles. The Hall–Kier alpha value is 0.607. The maximum absolute atomic E-state index is 4.83. The summed E-state index contributed by atoms with van der Waals surface area (Å²) in [6.45, 7) is 10.0. The van der Waals surface area contributed by atoms with Crippen molar-refractivity contribution in [3.63, 3.8) is 0 Å². The first-order chi connectivity index (χ1) is 14.8. The molecule has 0 unspecified atom stereocenters. The second-order valence-electron chi connectivity index (χ2n) is 9.14. The molecule has 0 atom stereocenters. The Morgan fingerprint density at radius 1 is 0.433 bits per heavy atom. The lowest BCUT2D eigenvalue weighted by molar-refractivity contribution is 0.349. The molecule has 0 heterocycles. The molecule has 0 saturated carbocycles. The summed E-state index contributed by atoms with van der Waals surface area (Å²) < 4.78 is 4.83. The summed E-state index contributed by atoms with van der Waals surface area (Å²) in [6, 6.07) is 0. The molecular formula is C27H61OPSi. The van der Waals surface area contributed by atoms with Gasteiger partial charge in [0, 0.05) is 6.61 Å². The van der Waals surface area contributed by atoms with Crippen molar-refractivity contribution in [3.8, 4) is 0 Å². The summed E-state index contributed by atoms with van der Waals surface area (Å²) in [5.74, 6) is 0. The van der Waals surface area contributed by atoms with E-state index in [0.29, 0.717) is 7.92 Å². The molecule has 184 valence electrons. The third kappa shape index (κ3) is 30.8. The Labute approximate surface area is 197 Å². The van der Waals surface area contributed by atoms with Gasteiger partial charge in [0.2, 0.25) is 0 Å². The minimum atomic E-state index is 0.366. The number of unbranched alkanes of at least 4 members (excludes halogenated alkanes) is 15. The first kappa shape index (κ1) is 32.8. The molecule has 0 N–H and O–H groups in total. The monoisotopic (exact) mass is 460 g/mol. The Bertz CT molecular complexity index is 236. The summed E-state index contributed by atoms with van der Waals surface area (Å²) >= 11 is 0. The Balaban J connectivity index is 0. The summed E-state index contributed by atoms with van der Waals surface area (Å²) in [5, 5.41) is 0. The number of rotatable bonds is 23. The van der Waals surface area contributed by atoms with Crippen LogP contribution in [0.1, 0.15) is 150 Å². The van der Waals surface area contributed by atoms with Crippen molar-refractivity contribution in [3.05, 3.63) is 0 Å². The van der Waals surface area contributed by atoms with Crippen LogP contribution in [0.15, 0.2) is 0 Å². The van der Waals surface area contributed by atoms with Crippen molar-refractivity contribution in [2.24, 2.45) is 0 Å². The number of hydrogen-bond donors (Lipinski definition) is 0. The van der Waals surface area contributed by atoms with Crippen molar-refractivity contribution < 1.29 is 4.43 Å². The van der Waals surface area contributed by atoms with Crippen molar-refractivity contribution in [1.82, 2.24) is 0 Å². The SMILES string of the molecule is CCCCCCCCP(CCCCCCCC)CCCCCCCC.CCCO[SiH3]. The van der Waals surface area contributed by atoms with Crippen LogP contribution >= 0.6 is 7.92 Å². The molecule has 0 amide bonds. The summed E-state index contributed by atoms with van der Waals surface area (Å²) in [6.07, 6.45) is 32.4. The summed E-state index contributed by atoms with van der Waals surface area (Å²) in [5.41, 5.74) is 0. The van der Waals surface area contributed by atoms with Gasteiger partial charge in [0.25, 0.3) is 0 Å². The van der Waals surface area contributed by atoms with Gasteiger partial charge in [-0.3, -0.25) is 0 Å². The predicted octanol–water partition coefficient (Wildman–Crippen LogP) is 9.24. The fourth-order valence-corrected chi connectivity index (χ4v) is 6.98. The van der Waals surface area contributed by atoms with E-state index in [4.69, 9.17) is 4.43 Å². The molecule has 0 spiro atoms. The molecule has 1 nitrogen and oxygen atoms in total. The van der Waals surface area contributed by atoms with Gasteiger partial charge >= 0.3 is 0 Å². The molecular weight excluding hydrogens is 399 g/mol. The highest BCUT2D eigenvalue weighted by molar-refractivity contribution is 7.57. The molecule has 3 heteroatoms. The van der Waals surface area contributed by atoms with Crippen LogP contribution in [-0.4, -0.2) is 35.6 Å². The second kappa shape index (κ2) is 31.8. The first-order valence-electron chi connectivity index (χ1n) is 14.0. The molecule has 0 saturated heterocycles. The zero-order chi connectivity index (χ0) is 22.5. The average molecular weight is 461 g/mol. The van der Waals surface area contributed by atoms with Crippen LogP contribution in [0.3, 0.4) is 0 Å². The average Bonchev–Trinajstić information content (AvgIpc) is 2.76.